The lowest BCUT2D eigenvalue weighted by molar-refractivity contribution is -0.132. The van der Waals surface area contributed by atoms with Crippen molar-refractivity contribution in [2.75, 3.05) is 4.90 Å². The Morgan fingerprint density at radius 3 is 2.48 bits per heavy atom. The predicted octanol–water partition coefficient (Wildman–Crippen LogP) is 3.97. The summed E-state index contributed by atoms with van der Waals surface area (Å²) in [5, 5.41) is 25.1. The van der Waals surface area contributed by atoms with Crippen molar-refractivity contribution >= 4 is 34.9 Å². The molecule has 146 valence electrons. The van der Waals surface area contributed by atoms with Gasteiger partial charge in [-0.05, 0) is 48.9 Å². The zero-order chi connectivity index (χ0) is 20.7. The van der Waals surface area contributed by atoms with Crippen LogP contribution in [0.5, 0.6) is 5.75 Å². The molecule has 1 fully saturated rings. The molecule has 1 aromatic heterocycles. The third-order valence-electron chi connectivity index (χ3n) is 4.61. The molecule has 0 saturated carbocycles. The quantitative estimate of drug-likeness (QED) is 0.384. The number of rotatable bonds is 3. The molecule has 0 bridgehead atoms. The molecule has 2 heterocycles. The molecule has 1 amide bonds. The highest BCUT2D eigenvalue weighted by Crippen LogP contribution is 2.42. The molecule has 1 atom stereocenters. The van der Waals surface area contributed by atoms with Crippen LogP contribution in [0.15, 0.2) is 64.7 Å². The Labute approximate surface area is 170 Å². The van der Waals surface area contributed by atoms with Crippen molar-refractivity contribution in [1.82, 2.24) is 5.16 Å². The largest absolute Gasteiger partial charge is 0.508 e. The van der Waals surface area contributed by atoms with E-state index >= 15 is 0 Å². The lowest BCUT2D eigenvalue weighted by Gasteiger charge is -2.22. The summed E-state index contributed by atoms with van der Waals surface area (Å²) in [7, 11) is 0. The highest BCUT2D eigenvalue weighted by atomic mass is 35.5. The zero-order valence-electron chi connectivity index (χ0n) is 15.2. The Morgan fingerprint density at radius 1 is 1.14 bits per heavy atom. The lowest BCUT2D eigenvalue weighted by atomic mass is 9.95. The second-order valence-electron chi connectivity index (χ2n) is 6.57. The van der Waals surface area contributed by atoms with Gasteiger partial charge in [-0.25, -0.2) is 0 Å². The number of hydrogen-bond acceptors (Lipinski definition) is 6. The van der Waals surface area contributed by atoms with Crippen LogP contribution in [-0.2, 0) is 9.59 Å². The molecule has 7 nitrogen and oxygen atoms in total. The van der Waals surface area contributed by atoms with E-state index < -0.39 is 17.7 Å². The smallest absolute Gasteiger partial charge is 0.301 e. The Bertz CT molecular complexity index is 1150. The van der Waals surface area contributed by atoms with E-state index in [0.717, 1.165) is 4.90 Å². The van der Waals surface area contributed by atoms with E-state index in [2.05, 4.69) is 5.16 Å². The molecular formula is C21H15ClN2O5. The topological polar surface area (TPSA) is 104 Å². The number of carbonyl (C=O) groups is 2. The molecule has 1 aliphatic heterocycles. The van der Waals surface area contributed by atoms with Crippen molar-refractivity contribution in [3.8, 4) is 5.75 Å². The summed E-state index contributed by atoms with van der Waals surface area (Å²) in [4.78, 5) is 26.9. The lowest BCUT2D eigenvalue weighted by Crippen LogP contribution is -2.29. The fourth-order valence-corrected chi connectivity index (χ4v) is 3.44. The van der Waals surface area contributed by atoms with Crippen molar-refractivity contribution in [1.29, 1.82) is 0 Å². The number of aryl methyl sites for hydroxylation is 1. The number of hydrogen-bond donors (Lipinski definition) is 2. The van der Waals surface area contributed by atoms with Crippen molar-refractivity contribution in [2.24, 2.45) is 0 Å². The van der Waals surface area contributed by atoms with Crippen LogP contribution in [0.25, 0.3) is 5.76 Å². The number of amides is 1. The van der Waals surface area contributed by atoms with Gasteiger partial charge in [0.15, 0.2) is 5.82 Å². The maximum atomic E-state index is 12.9. The number of aliphatic hydroxyl groups is 1. The minimum absolute atomic E-state index is 0.0454. The van der Waals surface area contributed by atoms with Crippen molar-refractivity contribution in [3.63, 3.8) is 0 Å². The summed E-state index contributed by atoms with van der Waals surface area (Å²) >= 11 is 5.90. The van der Waals surface area contributed by atoms with Gasteiger partial charge in [0.1, 0.15) is 17.3 Å². The maximum absolute atomic E-state index is 12.9. The van der Waals surface area contributed by atoms with Gasteiger partial charge in [-0.15, -0.1) is 0 Å². The first kappa shape index (κ1) is 18.8. The van der Waals surface area contributed by atoms with E-state index in [4.69, 9.17) is 16.1 Å². The first-order chi connectivity index (χ1) is 13.9. The summed E-state index contributed by atoms with van der Waals surface area (Å²) in [6.07, 6.45) is 0. The van der Waals surface area contributed by atoms with Gasteiger partial charge in [0.25, 0.3) is 5.78 Å². The van der Waals surface area contributed by atoms with Crippen LogP contribution in [0.4, 0.5) is 5.82 Å². The van der Waals surface area contributed by atoms with E-state index in [-0.39, 0.29) is 22.9 Å². The fraction of sp³-hybridized carbons (Fsp3) is 0.0952. The van der Waals surface area contributed by atoms with Crippen LogP contribution in [0, 0.1) is 6.92 Å². The van der Waals surface area contributed by atoms with Crippen LogP contribution in [0.2, 0.25) is 5.02 Å². The number of carbonyl (C=O) groups excluding carboxylic acids is 2. The van der Waals surface area contributed by atoms with Gasteiger partial charge in [-0.1, -0.05) is 28.9 Å². The van der Waals surface area contributed by atoms with E-state index in [0.29, 0.717) is 21.9 Å². The Kier molecular flexibility index (Phi) is 4.60. The number of anilines is 1. The third-order valence-corrected chi connectivity index (χ3v) is 4.86. The van der Waals surface area contributed by atoms with E-state index in [9.17, 15) is 19.8 Å². The highest BCUT2D eigenvalue weighted by Gasteiger charge is 2.48. The summed E-state index contributed by atoms with van der Waals surface area (Å²) in [5.74, 6) is -1.54. The first-order valence-corrected chi connectivity index (χ1v) is 9.04. The van der Waals surface area contributed by atoms with Gasteiger partial charge in [-0.3, -0.25) is 14.5 Å². The zero-order valence-corrected chi connectivity index (χ0v) is 15.9. The molecule has 1 saturated heterocycles. The number of nitrogens with zero attached hydrogens (tertiary/aromatic N) is 2. The number of aliphatic hydroxyl groups excluding tert-OH is 1. The summed E-state index contributed by atoms with van der Waals surface area (Å²) in [5.41, 5.74) is 0.637. The first-order valence-electron chi connectivity index (χ1n) is 8.66. The third kappa shape index (κ3) is 3.25. The van der Waals surface area contributed by atoms with Crippen LogP contribution >= 0.6 is 11.6 Å². The van der Waals surface area contributed by atoms with E-state index in [1.54, 1.807) is 43.3 Å². The normalized spacial score (nSPS) is 18.4. The Morgan fingerprint density at radius 2 is 1.86 bits per heavy atom. The highest BCUT2D eigenvalue weighted by molar-refractivity contribution is 6.51. The molecule has 1 aliphatic rings. The average Bonchev–Trinajstić information content (AvgIpc) is 3.23. The molecule has 4 rings (SSSR count). The molecule has 3 aromatic rings. The summed E-state index contributed by atoms with van der Waals surface area (Å²) in [6.45, 7) is 1.66. The molecule has 8 heteroatoms. The molecule has 2 N–H and O–H groups in total. The summed E-state index contributed by atoms with van der Waals surface area (Å²) in [6, 6.07) is 12.9. The minimum atomic E-state index is -0.998. The van der Waals surface area contributed by atoms with Gasteiger partial charge in [-0.2, -0.15) is 0 Å². The molecular weight excluding hydrogens is 396 g/mol. The van der Waals surface area contributed by atoms with Crippen LogP contribution in [0.3, 0.4) is 0 Å². The standard InChI is InChI=1S/C21H15ClN2O5/c1-11-9-16(23-29-11)24-18(13-3-2-4-15(25)10-13)17(20(27)21(24)28)19(26)12-5-7-14(22)8-6-12/h2-10,18,25-26H,1H3/b19-17+/t18-/m0/s1. The maximum Gasteiger partial charge on any atom is 0.301 e. The Balaban J connectivity index is 1.95. The predicted molar refractivity (Wildman–Crippen MR) is 106 cm³/mol. The Hall–Kier alpha value is -3.58. The van der Waals surface area contributed by atoms with Gasteiger partial charge in [0.05, 0.1) is 11.6 Å². The van der Waals surface area contributed by atoms with E-state index in [1.165, 1.54) is 18.2 Å². The fourth-order valence-electron chi connectivity index (χ4n) is 3.31. The number of aromatic nitrogens is 1. The van der Waals surface area contributed by atoms with Gasteiger partial charge < -0.3 is 14.7 Å². The second kappa shape index (κ2) is 7.10. The number of phenols is 1. The SMILES string of the molecule is Cc1cc(N2C(=O)C(=O)/C(=C(/O)c3ccc(Cl)cc3)[C@@H]2c2cccc(O)c2)no1. The average molecular weight is 411 g/mol. The number of phenolic OH excluding ortho intramolecular Hbond substituents is 1. The van der Waals surface area contributed by atoms with E-state index in [1.807, 2.05) is 0 Å². The van der Waals surface area contributed by atoms with Crippen LogP contribution in [-0.4, -0.2) is 27.1 Å². The number of ketones is 1. The molecule has 0 spiro atoms. The molecule has 2 aromatic carbocycles. The van der Waals surface area contributed by atoms with Crippen LogP contribution < -0.4 is 4.90 Å². The van der Waals surface area contributed by atoms with Gasteiger partial charge in [0, 0.05) is 16.7 Å². The van der Waals surface area contributed by atoms with Crippen molar-refractivity contribution in [3.05, 3.63) is 82.1 Å². The van der Waals surface area contributed by atoms with Crippen LogP contribution in [0.1, 0.15) is 22.9 Å². The summed E-state index contributed by atoms with van der Waals surface area (Å²) < 4.78 is 5.06. The van der Waals surface area contributed by atoms with Gasteiger partial charge >= 0.3 is 5.91 Å². The molecule has 0 radical (unpaired) electrons. The minimum Gasteiger partial charge on any atom is -0.508 e. The van der Waals surface area contributed by atoms with Crippen molar-refractivity contribution in [2.45, 2.75) is 13.0 Å². The number of aromatic hydroxyl groups is 1. The number of benzene rings is 2. The molecule has 29 heavy (non-hydrogen) atoms. The van der Waals surface area contributed by atoms with Crippen molar-refractivity contribution < 1.29 is 24.3 Å². The molecule has 0 unspecified atom stereocenters. The number of Topliss-reactive ketones (excluding diaryl/α,β-unsaturated/α-hetero) is 1. The molecule has 0 aliphatic carbocycles. The monoisotopic (exact) mass is 410 g/mol. The number of halogens is 1. The van der Waals surface area contributed by atoms with Gasteiger partial charge in [0.2, 0.25) is 0 Å². The second-order valence-corrected chi connectivity index (χ2v) is 7.00.